The molecule has 2 heteroatoms. The molecule has 0 saturated carbocycles. The number of nitrogens with one attached hydrogen (secondary N) is 1. The van der Waals surface area contributed by atoms with Gasteiger partial charge < -0.3 is 10.4 Å². The molecule has 0 aromatic rings. The fraction of sp³-hybridized carbons (Fsp3) is 1.00. The molecule has 0 aromatic carbocycles. The topological polar surface area (TPSA) is 32.3 Å². The molecule has 1 atom stereocenters. The Balaban J connectivity index is 2.91. The second kappa shape index (κ2) is 7.56. The van der Waals surface area contributed by atoms with Crippen molar-refractivity contribution in [3.63, 3.8) is 0 Å². The van der Waals surface area contributed by atoms with Gasteiger partial charge in [0, 0.05) is 6.54 Å². The van der Waals surface area contributed by atoms with Crippen LogP contribution in [0.1, 0.15) is 40.0 Å². The Morgan fingerprint density at radius 1 is 1.17 bits per heavy atom. The molecule has 0 bridgehead atoms. The summed E-state index contributed by atoms with van der Waals surface area (Å²) in [6, 6.07) is 0. The first kappa shape index (κ1) is 11.9. The summed E-state index contributed by atoms with van der Waals surface area (Å²) in [5, 5.41) is 12.1. The lowest BCUT2D eigenvalue weighted by molar-refractivity contribution is 0.191. The van der Waals surface area contributed by atoms with E-state index in [4.69, 9.17) is 5.11 Å². The number of aliphatic hydroxyl groups excluding tert-OH is 1. The maximum atomic E-state index is 8.93. The lowest BCUT2D eigenvalue weighted by Crippen LogP contribution is -2.25. The highest BCUT2D eigenvalue weighted by atomic mass is 16.3. The lowest BCUT2D eigenvalue weighted by Gasteiger charge is -2.07. The summed E-state index contributed by atoms with van der Waals surface area (Å²) in [4.78, 5) is 0. The number of rotatable bonds is 7. The van der Waals surface area contributed by atoms with E-state index in [1.807, 2.05) is 0 Å². The number of hydrogen-bond acceptors (Lipinski definition) is 2. The fourth-order valence-corrected chi connectivity index (χ4v) is 1.11. The summed E-state index contributed by atoms with van der Waals surface area (Å²) < 4.78 is 0. The van der Waals surface area contributed by atoms with Gasteiger partial charge in [-0.15, -0.1) is 0 Å². The standard InChI is InChI=1S/C10H23NO/c1-9(2)6-4-5-7-11-8-10(3)12/h9-12H,4-8H2,1-3H3/t10-/m1/s1. The molecular formula is C10H23NO. The van der Waals surface area contributed by atoms with Crippen LogP contribution in [0.15, 0.2) is 0 Å². The number of unbranched alkanes of at least 4 members (excludes halogenated alkanes) is 1. The van der Waals surface area contributed by atoms with Gasteiger partial charge in [-0.05, 0) is 25.8 Å². The van der Waals surface area contributed by atoms with Crippen molar-refractivity contribution in [1.29, 1.82) is 0 Å². The van der Waals surface area contributed by atoms with Crippen LogP contribution < -0.4 is 5.32 Å². The second-order valence-electron chi connectivity index (χ2n) is 3.94. The Labute approximate surface area is 76.4 Å². The first-order valence-electron chi connectivity index (χ1n) is 5.01. The van der Waals surface area contributed by atoms with Crippen molar-refractivity contribution < 1.29 is 5.11 Å². The van der Waals surface area contributed by atoms with E-state index in [1.54, 1.807) is 6.92 Å². The molecule has 0 spiro atoms. The van der Waals surface area contributed by atoms with Crippen LogP contribution in [0.2, 0.25) is 0 Å². The van der Waals surface area contributed by atoms with E-state index in [0.29, 0.717) is 0 Å². The summed E-state index contributed by atoms with van der Waals surface area (Å²) in [5.41, 5.74) is 0. The Morgan fingerprint density at radius 2 is 1.83 bits per heavy atom. The molecule has 2 N–H and O–H groups in total. The van der Waals surface area contributed by atoms with E-state index in [-0.39, 0.29) is 6.10 Å². The first-order valence-corrected chi connectivity index (χ1v) is 5.01. The number of hydrogen-bond donors (Lipinski definition) is 2. The average Bonchev–Trinajstić information content (AvgIpc) is 1.95. The van der Waals surface area contributed by atoms with Crippen LogP contribution in [0, 0.1) is 5.92 Å². The van der Waals surface area contributed by atoms with Gasteiger partial charge in [-0.3, -0.25) is 0 Å². The van der Waals surface area contributed by atoms with Gasteiger partial charge in [0.2, 0.25) is 0 Å². The number of aliphatic hydroxyl groups is 1. The van der Waals surface area contributed by atoms with Crippen LogP contribution in [0.25, 0.3) is 0 Å². The van der Waals surface area contributed by atoms with Crippen LogP contribution in [0.4, 0.5) is 0 Å². The SMILES string of the molecule is CC(C)CCCCNC[C@@H](C)O. The molecule has 0 unspecified atom stereocenters. The quantitative estimate of drug-likeness (QED) is 0.575. The minimum Gasteiger partial charge on any atom is -0.392 e. The molecule has 0 saturated heterocycles. The van der Waals surface area contributed by atoms with Gasteiger partial charge in [0.05, 0.1) is 6.10 Å². The Bertz CT molecular complexity index is 79.8. The molecule has 0 fully saturated rings. The zero-order valence-electron chi connectivity index (χ0n) is 8.64. The van der Waals surface area contributed by atoms with Crippen molar-refractivity contribution in [3.8, 4) is 0 Å². The summed E-state index contributed by atoms with van der Waals surface area (Å²) in [5.74, 6) is 0.821. The predicted molar refractivity (Wildman–Crippen MR) is 53.2 cm³/mol. The first-order chi connectivity index (χ1) is 5.63. The molecule has 0 aliphatic heterocycles. The van der Waals surface area contributed by atoms with Crippen LogP contribution in [0.5, 0.6) is 0 Å². The molecule has 12 heavy (non-hydrogen) atoms. The smallest absolute Gasteiger partial charge is 0.0636 e. The van der Waals surface area contributed by atoms with E-state index in [9.17, 15) is 0 Å². The molecule has 0 heterocycles. The van der Waals surface area contributed by atoms with Gasteiger partial charge >= 0.3 is 0 Å². The molecule has 0 radical (unpaired) electrons. The van der Waals surface area contributed by atoms with Crippen LogP contribution >= 0.6 is 0 Å². The molecule has 74 valence electrons. The Kier molecular flexibility index (Phi) is 7.51. The molecule has 0 aromatic heterocycles. The van der Waals surface area contributed by atoms with Crippen molar-refractivity contribution in [2.45, 2.75) is 46.1 Å². The van der Waals surface area contributed by atoms with Crippen molar-refractivity contribution in [2.75, 3.05) is 13.1 Å². The van der Waals surface area contributed by atoms with E-state index in [0.717, 1.165) is 19.0 Å². The normalized spacial score (nSPS) is 13.8. The van der Waals surface area contributed by atoms with E-state index in [1.165, 1.54) is 19.3 Å². The largest absolute Gasteiger partial charge is 0.392 e. The van der Waals surface area contributed by atoms with Crippen LogP contribution in [-0.4, -0.2) is 24.3 Å². The summed E-state index contributed by atoms with van der Waals surface area (Å²) in [7, 11) is 0. The molecule has 2 nitrogen and oxygen atoms in total. The fourth-order valence-electron chi connectivity index (χ4n) is 1.11. The lowest BCUT2D eigenvalue weighted by atomic mass is 10.1. The van der Waals surface area contributed by atoms with Gasteiger partial charge in [-0.25, -0.2) is 0 Å². The Hall–Kier alpha value is -0.0800. The highest BCUT2D eigenvalue weighted by Crippen LogP contribution is 2.04. The molecule has 0 aliphatic rings. The molecule has 0 aliphatic carbocycles. The molecule has 0 amide bonds. The highest BCUT2D eigenvalue weighted by molar-refractivity contribution is 4.53. The minimum absolute atomic E-state index is 0.213. The maximum absolute atomic E-state index is 8.93. The van der Waals surface area contributed by atoms with E-state index in [2.05, 4.69) is 19.2 Å². The van der Waals surface area contributed by atoms with Crippen molar-refractivity contribution >= 4 is 0 Å². The van der Waals surface area contributed by atoms with Gasteiger partial charge in [0.25, 0.3) is 0 Å². The summed E-state index contributed by atoms with van der Waals surface area (Å²) in [6.45, 7) is 8.08. The maximum Gasteiger partial charge on any atom is 0.0636 e. The molecular weight excluding hydrogens is 150 g/mol. The van der Waals surface area contributed by atoms with Gasteiger partial charge in [0.15, 0.2) is 0 Å². The predicted octanol–water partition coefficient (Wildman–Crippen LogP) is 1.78. The zero-order valence-corrected chi connectivity index (χ0v) is 8.64. The second-order valence-corrected chi connectivity index (χ2v) is 3.94. The third-order valence-electron chi connectivity index (χ3n) is 1.82. The Morgan fingerprint density at radius 3 is 2.33 bits per heavy atom. The average molecular weight is 173 g/mol. The van der Waals surface area contributed by atoms with Crippen LogP contribution in [0.3, 0.4) is 0 Å². The van der Waals surface area contributed by atoms with E-state index < -0.39 is 0 Å². The van der Waals surface area contributed by atoms with Crippen molar-refractivity contribution in [1.82, 2.24) is 5.32 Å². The van der Waals surface area contributed by atoms with Gasteiger partial charge in [0.1, 0.15) is 0 Å². The summed E-state index contributed by atoms with van der Waals surface area (Å²) >= 11 is 0. The highest BCUT2D eigenvalue weighted by Gasteiger charge is 1.95. The third kappa shape index (κ3) is 9.92. The molecule has 0 rings (SSSR count). The monoisotopic (exact) mass is 173 g/mol. The van der Waals surface area contributed by atoms with E-state index >= 15 is 0 Å². The van der Waals surface area contributed by atoms with Crippen molar-refractivity contribution in [3.05, 3.63) is 0 Å². The van der Waals surface area contributed by atoms with Crippen LogP contribution in [-0.2, 0) is 0 Å². The van der Waals surface area contributed by atoms with Gasteiger partial charge in [-0.2, -0.15) is 0 Å². The van der Waals surface area contributed by atoms with Crippen molar-refractivity contribution in [2.24, 2.45) is 5.92 Å². The zero-order chi connectivity index (χ0) is 9.40. The van der Waals surface area contributed by atoms with Gasteiger partial charge in [-0.1, -0.05) is 26.7 Å². The minimum atomic E-state index is -0.213. The summed E-state index contributed by atoms with van der Waals surface area (Å²) in [6.07, 6.45) is 3.63. The third-order valence-corrected chi connectivity index (χ3v) is 1.82.